The molecule has 2 aromatic carbocycles. The lowest BCUT2D eigenvalue weighted by Gasteiger charge is -2.15. The van der Waals surface area contributed by atoms with E-state index in [0.29, 0.717) is 5.75 Å². The summed E-state index contributed by atoms with van der Waals surface area (Å²) in [6.07, 6.45) is -1.28. The van der Waals surface area contributed by atoms with Gasteiger partial charge < -0.3 is 4.74 Å². The fourth-order valence-corrected chi connectivity index (χ4v) is 2.14. The zero-order chi connectivity index (χ0) is 18.4. The van der Waals surface area contributed by atoms with Gasteiger partial charge in [-0.1, -0.05) is 17.7 Å². The molecule has 0 radical (unpaired) electrons. The number of carbonyl (C=O) groups excluding carboxylic acids is 2. The predicted octanol–water partition coefficient (Wildman–Crippen LogP) is 2.78. The van der Waals surface area contributed by atoms with Crippen LogP contribution in [0.2, 0.25) is 5.02 Å². The first-order valence-electron chi connectivity index (χ1n) is 7.30. The molecule has 2 N–H and O–H groups in total. The summed E-state index contributed by atoms with van der Waals surface area (Å²) >= 11 is 5.83. The average molecular weight is 369 g/mol. The summed E-state index contributed by atoms with van der Waals surface area (Å²) in [4.78, 5) is 23.7. The van der Waals surface area contributed by atoms with Crippen LogP contribution in [0.1, 0.15) is 12.5 Å². The summed E-state index contributed by atoms with van der Waals surface area (Å²) in [5.41, 5.74) is 4.36. The Morgan fingerprint density at radius 1 is 1.12 bits per heavy atom. The minimum absolute atomic E-state index is 0.0338. The van der Waals surface area contributed by atoms with Crippen LogP contribution in [0.3, 0.4) is 0 Å². The fraction of sp³-hybridized carbons (Fsp3) is 0.176. The van der Waals surface area contributed by atoms with Gasteiger partial charge in [-0.05, 0) is 43.3 Å². The van der Waals surface area contributed by atoms with Gasteiger partial charge in [-0.15, -0.1) is 0 Å². The summed E-state index contributed by atoms with van der Waals surface area (Å²) in [7, 11) is 0. The van der Waals surface area contributed by atoms with Crippen LogP contribution < -0.4 is 15.6 Å². The normalized spacial score (nSPS) is 11.5. The van der Waals surface area contributed by atoms with E-state index in [0.717, 1.165) is 0 Å². The molecule has 2 aromatic rings. The molecule has 0 aliphatic heterocycles. The van der Waals surface area contributed by atoms with Crippen molar-refractivity contribution < 1.29 is 23.1 Å². The van der Waals surface area contributed by atoms with Gasteiger partial charge in [0.25, 0.3) is 5.91 Å². The van der Waals surface area contributed by atoms with Gasteiger partial charge in [-0.25, -0.2) is 8.78 Å². The Morgan fingerprint density at radius 3 is 2.44 bits per heavy atom. The van der Waals surface area contributed by atoms with Crippen molar-refractivity contribution in [2.45, 2.75) is 19.4 Å². The highest BCUT2D eigenvalue weighted by atomic mass is 35.5. The maximum atomic E-state index is 13.6. The molecule has 0 heterocycles. The number of halogens is 3. The Bertz CT molecular complexity index is 749. The van der Waals surface area contributed by atoms with Crippen LogP contribution in [0.5, 0.6) is 5.75 Å². The second-order valence-corrected chi connectivity index (χ2v) is 5.54. The highest BCUT2D eigenvalue weighted by Crippen LogP contribution is 2.19. The number of hydrogen-bond donors (Lipinski definition) is 2. The number of benzene rings is 2. The molecule has 0 unspecified atom stereocenters. The second kappa shape index (κ2) is 8.43. The highest BCUT2D eigenvalue weighted by molar-refractivity contribution is 6.31. The lowest BCUT2D eigenvalue weighted by Crippen LogP contribution is -2.47. The number of rotatable bonds is 5. The standard InChI is InChI=1S/C17H15ClF2N2O3/c1-10(25-12-7-5-11(19)6-8-12)17(24)22-21-16(23)9-13-14(18)3-2-4-15(13)20/h2-8,10H,9H2,1H3,(H,21,23)(H,22,24)/t10-/m1/s1. The first-order valence-corrected chi connectivity index (χ1v) is 7.68. The van der Waals surface area contributed by atoms with Crippen molar-refractivity contribution in [3.63, 3.8) is 0 Å². The van der Waals surface area contributed by atoms with Gasteiger partial charge in [0.15, 0.2) is 6.10 Å². The van der Waals surface area contributed by atoms with Crippen LogP contribution >= 0.6 is 11.6 Å². The Morgan fingerprint density at radius 2 is 1.80 bits per heavy atom. The molecule has 0 spiro atoms. The zero-order valence-corrected chi connectivity index (χ0v) is 13.9. The number of ether oxygens (including phenoxy) is 1. The van der Waals surface area contributed by atoms with E-state index >= 15 is 0 Å². The average Bonchev–Trinajstić information content (AvgIpc) is 2.58. The summed E-state index contributed by atoms with van der Waals surface area (Å²) < 4.78 is 31.7. The topological polar surface area (TPSA) is 67.4 Å². The maximum Gasteiger partial charge on any atom is 0.279 e. The minimum Gasteiger partial charge on any atom is -0.481 e. The fourth-order valence-electron chi connectivity index (χ4n) is 1.91. The monoisotopic (exact) mass is 368 g/mol. The van der Waals surface area contributed by atoms with Crippen LogP contribution in [0, 0.1) is 11.6 Å². The van der Waals surface area contributed by atoms with E-state index in [1.54, 1.807) is 0 Å². The van der Waals surface area contributed by atoms with E-state index < -0.39 is 29.6 Å². The molecule has 0 fully saturated rings. The molecule has 25 heavy (non-hydrogen) atoms. The van der Waals surface area contributed by atoms with Gasteiger partial charge in [0, 0.05) is 10.6 Å². The lowest BCUT2D eigenvalue weighted by molar-refractivity contribution is -0.132. The Balaban J connectivity index is 1.84. The van der Waals surface area contributed by atoms with Gasteiger partial charge in [-0.2, -0.15) is 0 Å². The van der Waals surface area contributed by atoms with E-state index in [2.05, 4.69) is 10.9 Å². The van der Waals surface area contributed by atoms with Crippen molar-refractivity contribution in [3.05, 3.63) is 64.7 Å². The first kappa shape index (κ1) is 18.7. The largest absolute Gasteiger partial charge is 0.481 e. The molecule has 0 aliphatic carbocycles. The van der Waals surface area contributed by atoms with Crippen molar-refractivity contribution >= 4 is 23.4 Å². The molecule has 0 bridgehead atoms. The van der Waals surface area contributed by atoms with Crippen LogP contribution in [-0.4, -0.2) is 17.9 Å². The third-order valence-electron chi connectivity index (χ3n) is 3.22. The molecular weight excluding hydrogens is 354 g/mol. The number of nitrogens with one attached hydrogen (secondary N) is 2. The Hall–Kier alpha value is -2.67. The second-order valence-electron chi connectivity index (χ2n) is 5.13. The molecule has 0 aromatic heterocycles. The Kier molecular flexibility index (Phi) is 6.30. The number of hydrogen-bond acceptors (Lipinski definition) is 3. The van der Waals surface area contributed by atoms with Gasteiger partial charge >= 0.3 is 0 Å². The summed E-state index contributed by atoms with van der Waals surface area (Å²) in [6, 6.07) is 9.21. The van der Waals surface area contributed by atoms with Crippen LogP contribution in [0.25, 0.3) is 0 Å². The SMILES string of the molecule is C[C@@H](Oc1ccc(F)cc1)C(=O)NNC(=O)Cc1c(F)cccc1Cl. The molecule has 2 rings (SSSR count). The molecule has 132 valence electrons. The number of carbonyl (C=O) groups is 2. The molecule has 0 saturated carbocycles. The van der Waals surface area contributed by atoms with Gasteiger partial charge in [0.1, 0.15) is 17.4 Å². The van der Waals surface area contributed by atoms with Crippen LogP contribution in [0.4, 0.5) is 8.78 Å². The summed E-state index contributed by atoms with van der Waals surface area (Å²) in [5, 5.41) is 0.120. The molecular formula is C17H15ClF2N2O3. The summed E-state index contributed by atoms with van der Waals surface area (Å²) in [5.74, 6) is -2.01. The Labute approximate surface area is 147 Å². The van der Waals surface area contributed by atoms with Crippen molar-refractivity contribution in [2.24, 2.45) is 0 Å². The van der Waals surface area contributed by atoms with Gasteiger partial charge in [-0.3, -0.25) is 20.4 Å². The number of amides is 2. The van der Waals surface area contributed by atoms with Gasteiger partial charge in [0.2, 0.25) is 5.91 Å². The summed E-state index contributed by atoms with van der Waals surface area (Å²) in [6.45, 7) is 1.46. The lowest BCUT2D eigenvalue weighted by atomic mass is 10.1. The quantitative estimate of drug-likeness (QED) is 0.797. The van der Waals surface area contributed by atoms with Crippen molar-refractivity contribution in [1.29, 1.82) is 0 Å². The molecule has 0 aliphatic rings. The van der Waals surface area contributed by atoms with Crippen LogP contribution in [-0.2, 0) is 16.0 Å². The molecule has 0 saturated heterocycles. The van der Waals surface area contributed by atoms with Gasteiger partial charge in [0.05, 0.1) is 6.42 Å². The maximum absolute atomic E-state index is 13.6. The zero-order valence-electron chi connectivity index (χ0n) is 13.2. The number of hydrazine groups is 1. The van der Waals surface area contributed by atoms with E-state index in [1.165, 1.54) is 49.4 Å². The van der Waals surface area contributed by atoms with E-state index in [1.807, 2.05) is 0 Å². The molecule has 1 atom stereocenters. The molecule has 8 heteroatoms. The first-order chi connectivity index (χ1) is 11.9. The highest BCUT2D eigenvalue weighted by Gasteiger charge is 2.17. The molecule has 5 nitrogen and oxygen atoms in total. The third-order valence-corrected chi connectivity index (χ3v) is 3.57. The van der Waals surface area contributed by atoms with Crippen LogP contribution in [0.15, 0.2) is 42.5 Å². The van der Waals surface area contributed by atoms with E-state index in [4.69, 9.17) is 16.3 Å². The third kappa shape index (κ3) is 5.42. The van der Waals surface area contributed by atoms with E-state index in [9.17, 15) is 18.4 Å². The van der Waals surface area contributed by atoms with E-state index in [-0.39, 0.29) is 17.0 Å². The van der Waals surface area contributed by atoms with Crippen molar-refractivity contribution in [3.8, 4) is 5.75 Å². The smallest absolute Gasteiger partial charge is 0.279 e. The minimum atomic E-state index is -0.942. The molecule has 2 amide bonds. The van der Waals surface area contributed by atoms with Crippen molar-refractivity contribution in [1.82, 2.24) is 10.9 Å². The van der Waals surface area contributed by atoms with Crippen molar-refractivity contribution in [2.75, 3.05) is 0 Å². The predicted molar refractivity (Wildman–Crippen MR) is 87.9 cm³/mol.